The van der Waals surface area contributed by atoms with Gasteiger partial charge in [0.15, 0.2) is 6.10 Å². The molecule has 1 atom stereocenters. The van der Waals surface area contributed by atoms with E-state index in [0.717, 1.165) is 57.8 Å². The SMILES string of the molecule is CCC/C=C\C/C=C\CCCCCCCC(=O)OC(CO)COC(=O)CCCCCCCCCC. The summed E-state index contributed by atoms with van der Waals surface area (Å²) in [6, 6.07) is 0. The standard InChI is InChI=1S/C30H54O5/c1-3-5-7-9-11-13-14-15-16-17-19-21-23-25-30(33)35-28(26-31)27-34-29(32)24-22-20-18-12-10-8-6-4-2/h7,9,13-14,28,31H,3-6,8,10-12,15-27H2,1-2H3/b9-7-,14-13-. The van der Waals surface area contributed by atoms with E-state index in [1.54, 1.807) is 0 Å². The molecule has 0 amide bonds. The van der Waals surface area contributed by atoms with Gasteiger partial charge in [-0.1, -0.05) is 109 Å². The lowest BCUT2D eigenvalue weighted by molar-refractivity contribution is -0.161. The second kappa shape index (κ2) is 27.0. The highest BCUT2D eigenvalue weighted by atomic mass is 16.6. The Morgan fingerprint density at radius 3 is 1.80 bits per heavy atom. The van der Waals surface area contributed by atoms with Crippen LogP contribution in [0.15, 0.2) is 24.3 Å². The Kier molecular flexibility index (Phi) is 25.7. The number of carbonyl (C=O) groups excluding carboxylic acids is 2. The molecule has 0 bridgehead atoms. The molecule has 0 heterocycles. The van der Waals surface area contributed by atoms with Crippen LogP contribution in [0.5, 0.6) is 0 Å². The summed E-state index contributed by atoms with van der Waals surface area (Å²) in [6.07, 6.45) is 28.0. The first-order valence-corrected chi connectivity index (χ1v) is 14.4. The Morgan fingerprint density at radius 2 is 1.20 bits per heavy atom. The second-order valence-electron chi connectivity index (χ2n) is 9.48. The maximum absolute atomic E-state index is 12.0. The van der Waals surface area contributed by atoms with Crippen molar-refractivity contribution < 1.29 is 24.2 Å². The lowest BCUT2D eigenvalue weighted by Crippen LogP contribution is -2.28. The van der Waals surface area contributed by atoms with Crippen LogP contribution in [0.4, 0.5) is 0 Å². The first-order chi connectivity index (χ1) is 17.1. The summed E-state index contributed by atoms with van der Waals surface area (Å²) in [6.45, 7) is 4.00. The number of rotatable bonds is 25. The van der Waals surface area contributed by atoms with Crippen LogP contribution in [0.25, 0.3) is 0 Å². The van der Waals surface area contributed by atoms with Crippen molar-refractivity contribution in [3.05, 3.63) is 24.3 Å². The van der Waals surface area contributed by atoms with Crippen LogP contribution in [-0.4, -0.2) is 36.4 Å². The quantitative estimate of drug-likeness (QED) is 0.0790. The highest BCUT2D eigenvalue weighted by Crippen LogP contribution is 2.11. The Bertz CT molecular complexity index is 541. The summed E-state index contributed by atoms with van der Waals surface area (Å²) in [5, 5.41) is 9.43. The molecule has 0 radical (unpaired) electrons. The molecule has 1 N–H and O–H groups in total. The van der Waals surface area contributed by atoms with Crippen LogP contribution in [-0.2, 0) is 19.1 Å². The minimum absolute atomic E-state index is 0.0694. The monoisotopic (exact) mass is 494 g/mol. The van der Waals surface area contributed by atoms with Crippen molar-refractivity contribution in [2.45, 2.75) is 142 Å². The molecular weight excluding hydrogens is 440 g/mol. The average Bonchev–Trinajstić information content (AvgIpc) is 2.86. The fourth-order valence-corrected chi connectivity index (χ4v) is 3.77. The van der Waals surface area contributed by atoms with Gasteiger partial charge in [0, 0.05) is 12.8 Å². The minimum Gasteiger partial charge on any atom is -0.462 e. The van der Waals surface area contributed by atoms with Crippen LogP contribution >= 0.6 is 0 Å². The van der Waals surface area contributed by atoms with Gasteiger partial charge < -0.3 is 14.6 Å². The van der Waals surface area contributed by atoms with E-state index in [0.29, 0.717) is 12.8 Å². The predicted octanol–water partition coefficient (Wildman–Crippen LogP) is 8.00. The summed E-state index contributed by atoms with van der Waals surface area (Å²) in [5.74, 6) is -0.615. The Labute approximate surface area is 215 Å². The number of aliphatic hydroxyl groups excluding tert-OH is 1. The smallest absolute Gasteiger partial charge is 0.306 e. The van der Waals surface area contributed by atoms with Gasteiger partial charge in [-0.3, -0.25) is 9.59 Å². The van der Waals surface area contributed by atoms with Gasteiger partial charge in [-0.2, -0.15) is 0 Å². The fraction of sp³-hybridized carbons (Fsp3) is 0.800. The molecule has 5 nitrogen and oxygen atoms in total. The fourth-order valence-electron chi connectivity index (χ4n) is 3.77. The second-order valence-corrected chi connectivity index (χ2v) is 9.48. The van der Waals surface area contributed by atoms with Crippen LogP contribution in [0.2, 0.25) is 0 Å². The van der Waals surface area contributed by atoms with Crippen LogP contribution in [0.3, 0.4) is 0 Å². The summed E-state index contributed by atoms with van der Waals surface area (Å²) < 4.78 is 10.5. The number of unbranched alkanes of at least 4 members (excludes halogenated alkanes) is 13. The van der Waals surface area contributed by atoms with E-state index in [1.807, 2.05) is 0 Å². The van der Waals surface area contributed by atoms with Gasteiger partial charge in [-0.05, 0) is 38.5 Å². The van der Waals surface area contributed by atoms with Crippen LogP contribution < -0.4 is 0 Å². The Balaban J connectivity index is 3.64. The van der Waals surface area contributed by atoms with Crippen molar-refractivity contribution in [2.75, 3.05) is 13.2 Å². The molecule has 0 aliphatic carbocycles. The van der Waals surface area contributed by atoms with Crippen molar-refractivity contribution in [2.24, 2.45) is 0 Å². The largest absolute Gasteiger partial charge is 0.462 e. The third-order valence-corrected chi connectivity index (χ3v) is 5.98. The van der Waals surface area contributed by atoms with Gasteiger partial charge in [-0.15, -0.1) is 0 Å². The average molecular weight is 495 g/mol. The number of hydrogen-bond donors (Lipinski definition) is 1. The zero-order chi connectivity index (χ0) is 25.8. The number of ether oxygens (including phenoxy) is 2. The molecular formula is C30H54O5. The lowest BCUT2D eigenvalue weighted by Gasteiger charge is -2.15. The number of allylic oxidation sites excluding steroid dienone is 4. The van der Waals surface area contributed by atoms with Gasteiger partial charge in [0.05, 0.1) is 6.61 Å². The number of hydrogen-bond acceptors (Lipinski definition) is 5. The number of carbonyl (C=O) groups is 2. The third kappa shape index (κ3) is 25.3. The van der Waals surface area contributed by atoms with Gasteiger partial charge in [0.2, 0.25) is 0 Å². The van der Waals surface area contributed by atoms with Crippen LogP contribution in [0, 0.1) is 0 Å². The minimum atomic E-state index is -0.770. The van der Waals surface area contributed by atoms with Gasteiger partial charge >= 0.3 is 11.9 Å². The van der Waals surface area contributed by atoms with E-state index < -0.39 is 6.10 Å². The summed E-state index contributed by atoms with van der Waals surface area (Å²) in [7, 11) is 0. The third-order valence-electron chi connectivity index (χ3n) is 5.98. The van der Waals surface area contributed by atoms with E-state index >= 15 is 0 Å². The molecule has 35 heavy (non-hydrogen) atoms. The molecule has 0 fully saturated rings. The highest BCUT2D eigenvalue weighted by molar-refractivity contribution is 5.70. The molecule has 0 aromatic heterocycles. The number of esters is 2. The molecule has 0 rings (SSSR count). The van der Waals surface area contributed by atoms with Crippen molar-refractivity contribution in [1.29, 1.82) is 0 Å². The lowest BCUT2D eigenvalue weighted by atomic mass is 10.1. The van der Waals surface area contributed by atoms with E-state index in [9.17, 15) is 14.7 Å². The summed E-state index contributed by atoms with van der Waals surface area (Å²) >= 11 is 0. The van der Waals surface area contributed by atoms with Crippen molar-refractivity contribution in [1.82, 2.24) is 0 Å². The molecule has 1 unspecified atom stereocenters. The zero-order valence-electron chi connectivity index (χ0n) is 22.8. The van der Waals surface area contributed by atoms with Crippen LogP contribution in [0.1, 0.15) is 136 Å². The maximum Gasteiger partial charge on any atom is 0.306 e. The van der Waals surface area contributed by atoms with Gasteiger partial charge in [0.25, 0.3) is 0 Å². The van der Waals surface area contributed by atoms with E-state index in [1.165, 1.54) is 51.4 Å². The zero-order valence-corrected chi connectivity index (χ0v) is 22.8. The topological polar surface area (TPSA) is 72.8 Å². The Hall–Kier alpha value is -1.62. The molecule has 5 heteroatoms. The molecule has 0 saturated heterocycles. The first-order valence-electron chi connectivity index (χ1n) is 14.4. The molecule has 0 aliphatic rings. The normalized spacial score (nSPS) is 12.4. The summed E-state index contributed by atoms with van der Waals surface area (Å²) in [4.78, 5) is 23.9. The predicted molar refractivity (Wildman–Crippen MR) is 145 cm³/mol. The van der Waals surface area contributed by atoms with Crippen molar-refractivity contribution in [3.63, 3.8) is 0 Å². The van der Waals surface area contributed by atoms with Crippen molar-refractivity contribution >= 4 is 11.9 Å². The van der Waals surface area contributed by atoms with E-state index in [-0.39, 0.29) is 25.2 Å². The summed E-state index contributed by atoms with van der Waals surface area (Å²) in [5.41, 5.74) is 0. The van der Waals surface area contributed by atoms with Gasteiger partial charge in [0.1, 0.15) is 6.61 Å². The highest BCUT2D eigenvalue weighted by Gasteiger charge is 2.16. The Morgan fingerprint density at radius 1 is 0.657 bits per heavy atom. The molecule has 0 aliphatic heterocycles. The molecule has 0 spiro atoms. The number of aliphatic hydroxyl groups is 1. The van der Waals surface area contributed by atoms with Gasteiger partial charge in [-0.25, -0.2) is 0 Å². The first kappa shape index (κ1) is 33.4. The molecule has 0 aromatic rings. The van der Waals surface area contributed by atoms with E-state index in [4.69, 9.17) is 9.47 Å². The maximum atomic E-state index is 12.0. The van der Waals surface area contributed by atoms with E-state index in [2.05, 4.69) is 38.2 Å². The molecule has 0 saturated carbocycles. The molecule has 204 valence electrons. The van der Waals surface area contributed by atoms with Crippen molar-refractivity contribution in [3.8, 4) is 0 Å². The molecule has 0 aromatic carbocycles.